The lowest BCUT2D eigenvalue weighted by atomic mass is 10.1. The van der Waals surface area contributed by atoms with Crippen LogP contribution in [-0.2, 0) is 6.42 Å². The van der Waals surface area contributed by atoms with Crippen LogP contribution in [0.3, 0.4) is 0 Å². The van der Waals surface area contributed by atoms with Crippen molar-refractivity contribution in [2.24, 2.45) is 0 Å². The number of halogens is 1. The number of nitrogens with one attached hydrogen (secondary N) is 1. The number of fused-ring (bicyclic) bond motifs is 1. The van der Waals surface area contributed by atoms with Gasteiger partial charge in [0.1, 0.15) is 5.82 Å². The molecular weight excluding hydrogens is 301 g/mol. The quantitative estimate of drug-likeness (QED) is 0.642. The second-order valence-corrected chi connectivity index (χ2v) is 7.27. The summed E-state index contributed by atoms with van der Waals surface area (Å²) < 4.78 is 14.5. The predicted molar refractivity (Wildman–Crippen MR) is 90.8 cm³/mol. The second-order valence-electron chi connectivity index (χ2n) is 5.12. The summed E-state index contributed by atoms with van der Waals surface area (Å²) in [5.41, 5.74) is 0. The fourth-order valence-electron chi connectivity index (χ4n) is 2.43. The predicted octanol–water partition coefficient (Wildman–Crippen LogP) is 5.39. The van der Waals surface area contributed by atoms with Crippen LogP contribution in [-0.4, -0.2) is 6.54 Å². The molecule has 1 N–H and O–H groups in total. The summed E-state index contributed by atoms with van der Waals surface area (Å²) in [4.78, 5) is 2.67. The van der Waals surface area contributed by atoms with Crippen LogP contribution in [0.25, 0.3) is 10.1 Å². The molecule has 0 bridgehead atoms. The first kappa shape index (κ1) is 14.7. The van der Waals surface area contributed by atoms with Crippen molar-refractivity contribution in [3.63, 3.8) is 0 Å². The fraction of sp³-hybridized carbons (Fsp3) is 0.294. The monoisotopic (exact) mass is 319 g/mol. The van der Waals surface area contributed by atoms with Gasteiger partial charge in [-0.05, 0) is 54.1 Å². The van der Waals surface area contributed by atoms with Gasteiger partial charge in [-0.3, -0.25) is 0 Å². The summed E-state index contributed by atoms with van der Waals surface area (Å²) in [6.07, 6.45) is 2.10. The number of thiophene rings is 2. The molecule has 2 aromatic heterocycles. The van der Waals surface area contributed by atoms with Gasteiger partial charge in [-0.2, -0.15) is 0 Å². The van der Waals surface area contributed by atoms with E-state index in [0.29, 0.717) is 6.04 Å². The maximum atomic E-state index is 13.3. The molecule has 0 saturated heterocycles. The Hall–Kier alpha value is -1.23. The Morgan fingerprint density at radius 1 is 1.24 bits per heavy atom. The van der Waals surface area contributed by atoms with Gasteiger partial charge in [-0.1, -0.05) is 13.0 Å². The van der Waals surface area contributed by atoms with E-state index < -0.39 is 0 Å². The number of benzene rings is 1. The lowest BCUT2D eigenvalue weighted by Gasteiger charge is -2.16. The molecule has 1 aromatic carbocycles. The maximum Gasteiger partial charge on any atom is 0.123 e. The largest absolute Gasteiger partial charge is 0.309 e. The molecule has 0 aliphatic heterocycles. The number of hydrogen-bond acceptors (Lipinski definition) is 3. The van der Waals surface area contributed by atoms with Gasteiger partial charge in [0.2, 0.25) is 0 Å². The summed E-state index contributed by atoms with van der Waals surface area (Å²) in [5, 5.41) is 6.74. The molecule has 0 radical (unpaired) electrons. The highest BCUT2D eigenvalue weighted by Crippen LogP contribution is 2.32. The van der Waals surface area contributed by atoms with Gasteiger partial charge in [-0.25, -0.2) is 4.39 Å². The average molecular weight is 319 g/mol. The van der Waals surface area contributed by atoms with E-state index in [1.165, 1.54) is 15.8 Å². The lowest BCUT2D eigenvalue weighted by molar-refractivity contribution is 0.540. The van der Waals surface area contributed by atoms with E-state index >= 15 is 0 Å². The van der Waals surface area contributed by atoms with Gasteiger partial charge in [0.05, 0.1) is 0 Å². The molecule has 4 heteroatoms. The molecule has 0 fully saturated rings. The highest BCUT2D eigenvalue weighted by atomic mass is 32.1. The maximum absolute atomic E-state index is 13.3. The van der Waals surface area contributed by atoms with Crippen molar-refractivity contribution in [3.8, 4) is 0 Å². The third-order valence-electron chi connectivity index (χ3n) is 3.47. The Kier molecular flexibility index (Phi) is 4.68. The second kappa shape index (κ2) is 6.69. The van der Waals surface area contributed by atoms with Crippen LogP contribution in [0.4, 0.5) is 4.39 Å². The lowest BCUT2D eigenvalue weighted by Crippen LogP contribution is -2.22. The van der Waals surface area contributed by atoms with E-state index in [-0.39, 0.29) is 5.82 Å². The topological polar surface area (TPSA) is 12.0 Å². The molecule has 0 aliphatic carbocycles. The molecule has 1 unspecified atom stereocenters. The van der Waals surface area contributed by atoms with Crippen LogP contribution < -0.4 is 5.32 Å². The first-order valence-electron chi connectivity index (χ1n) is 7.21. The number of hydrogen-bond donors (Lipinski definition) is 1. The molecule has 1 nitrogen and oxygen atoms in total. The van der Waals surface area contributed by atoms with Crippen LogP contribution >= 0.6 is 22.7 Å². The molecule has 0 aliphatic rings. The van der Waals surface area contributed by atoms with Crippen LogP contribution in [0, 0.1) is 5.82 Å². The summed E-state index contributed by atoms with van der Waals surface area (Å²) >= 11 is 3.56. The summed E-state index contributed by atoms with van der Waals surface area (Å²) in [5.74, 6) is -0.164. The molecule has 0 amide bonds. The van der Waals surface area contributed by atoms with E-state index in [2.05, 4.69) is 35.8 Å². The van der Waals surface area contributed by atoms with E-state index in [0.717, 1.165) is 29.5 Å². The van der Waals surface area contributed by atoms with Crippen molar-refractivity contribution >= 4 is 32.8 Å². The Labute approximate surface area is 132 Å². The minimum atomic E-state index is -0.164. The number of rotatable bonds is 6. The van der Waals surface area contributed by atoms with Gasteiger partial charge in [0.15, 0.2) is 0 Å². The molecule has 3 aromatic rings. The third kappa shape index (κ3) is 3.51. The molecule has 1 atom stereocenters. The van der Waals surface area contributed by atoms with E-state index in [9.17, 15) is 4.39 Å². The smallest absolute Gasteiger partial charge is 0.123 e. The van der Waals surface area contributed by atoms with Crippen LogP contribution in [0.1, 0.15) is 29.1 Å². The standard InChI is InChI=1S/C17H18FNS2/c1-2-7-19-15(11-14-4-3-8-20-14)17-10-12-9-13(18)5-6-16(12)21-17/h3-6,8-10,15,19H,2,7,11H2,1H3. The highest BCUT2D eigenvalue weighted by Gasteiger charge is 2.15. The summed E-state index contributed by atoms with van der Waals surface area (Å²) in [7, 11) is 0. The van der Waals surface area contributed by atoms with E-state index in [1.54, 1.807) is 28.7 Å². The molecule has 0 spiro atoms. The normalized spacial score (nSPS) is 12.9. The first-order chi connectivity index (χ1) is 10.3. The molecule has 110 valence electrons. The Morgan fingerprint density at radius 2 is 2.14 bits per heavy atom. The summed E-state index contributed by atoms with van der Waals surface area (Å²) in [6, 6.07) is 11.7. The Balaban J connectivity index is 1.89. The van der Waals surface area contributed by atoms with Crippen LogP contribution in [0.2, 0.25) is 0 Å². The van der Waals surface area contributed by atoms with Gasteiger partial charge in [0, 0.05) is 26.9 Å². The fourth-order valence-corrected chi connectivity index (χ4v) is 4.30. The molecule has 3 rings (SSSR count). The van der Waals surface area contributed by atoms with Crippen molar-refractivity contribution in [2.75, 3.05) is 6.54 Å². The van der Waals surface area contributed by atoms with Crippen molar-refractivity contribution < 1.29 is 4.39 Å². The van der Waals surface area contributed by atoms with Crippen molar-refractivity contribution in [3.05, 3.63) is 57.3 Å². The minimum Gasteiger partial charge on any atom is -0.309 e. The van der Waals surface area contributed by atoms with Gasteiger partial charge in [0.25, 0.3) is 0 Å². The third-order valence-corrected chi connectivity index (χ3v) is 5.60. The highest BCUT2D eigenvalue weighted by molar-refractivity contribution is 7.19. The molecule has 0 saturated carbocycles. The molecule has 21 heavy (non-hydrogen) atoms. The zero-order chi connectivity index (χ0) is 14.7. The zero-order valence-corrected chi connectivity index (χ0v) is 13.6. The summed E-state index contributed by atoms with van der Waals surface area (Å²) in [6.45, 7) is 3.17. The minimum absolute atomic E-state index is 0.164. The van der Waals surface area contributed by atoms with Crippen LogP contribution in [0.15, 0.2) is 41.8 Å². The van der Waals surface area contributed by atoms with Crippen molar-refractivity contribution in [1.82, 2.24) is 5.32 Å². The average Bonchev–Trinajstić information content (AvgIpc) is 3.11. The van der Waals surface area contributed by atoms with Crippen molar-refractivity contribution in [1.29, 1.82) is 0 Å². The SMILES string of the molecule is CCCNC(Cc1cccs1)c1cc2cc(F)ccc2s1. The Morgan fingerprint density at radius 3 is 2.90 bits per heavy atom. The Bertz CT molecular complexity index is 703. The van der Waals surface area contributed by atoms with Gasteiger partial charge >= 0.3 is 0 Å². The molecular formula is C17H18FNS2. The molecule has 2 heterocycles. The first-order valence-corrected chi connectivity index (χ1v) is 8.90. The van der Waals surface area contributed by atoms with Crippen LogP contribution in [0.5, 0.6) is 0 Å². The van der Waals surface area contributed by atoms with E-state index in [4.69, 9.17) is 0 Å². The van der Waals surface area contributed by atoms with Crippen molar-refractivity contribution in [2.45, 2.75) is 25.8 Å². The van der Waals surface area contributed by atoms with Gasteiger partial charge in [-0.15, -0.1) is 22.7 Å². The zero-order valence-electron chi connectivity index (χ0n) is 11.9. The van der Waals surface area contributed by atoms with Gasteiger partial charge < -0.3 is 5.32 Å². The van der Waals surface area contributed by atoms with E-state index in [1.807, 2.05) is 6.07 Å².